The summed E-state index contributed by atoms with van der Waals surface area (Å²) in [6, 6.07) is 1.80. The number of aryl methyl sites for hydroxylation is 1. The van der Waals surface area contributed by atoms with E-state index in [-0.39, 0.29) is 29.1 Å². The van der Waals surface area contributed by atoms with Gasteiger partial charge in [0.25, 0.3) is 0 Å². The van der Waals surface area contributed by atoms with Crippen molar-refractivity contribution >= 4 is 27.4 Å². The summed E-state index contributed by atoms with van der Waals surface area (Å²) < 4.78 is 27.8. The van der Waals surface area contributed by atoms with Crippen LogP contribution in [0.1, 0.15) is 58.8 Å². The fraction of sp³-hybridized carbons (Fsp3) is 0.550. The normalized spacial score (nSPS) is 20.8. The Labute approximate surface area is 175 Å². The van der Waals surface area contributed by atoms with Gasteiger partial charge in [0.05, 0.1) is 17.3 Å². The molecule has 2 aromatic rings. The molecule has 0 bridgehead atoms. The summed E-state index contributed by atoms with van der Waals surface area (Å²) in [6.45, 7) is 8.29. The Morgan fingerprint density at radius 2 is 2.07 bits per heavy atom. The van der Waals surface area contributed by atoms with Crippen LogP contribution in [0.5, 0.6) is 0 Å². The number of hydrogen-bond acceptors (Lipinski definition) is 6. The minimum atomic E-state index is -2.98. The Bertz CT molecular complexity index is 1060. The van der Waals surface area contributed by atoms with Crippen LogP contribution in [0, 0.1) is 13.8 Å². The summed E-state index contributed by atoms with van der Waals surface area (Å²) in [5.74, 6) is 2.13. The van der Waals surface area contributed by atoms with Crippen molar-refractivity contribution in [2.45, 2.75) is 56.8 Å². The smallest absolute Gasteiger partial charge is 0.191 e. The Morgan fingerprint density at radius 1 is 1.31 bits per heavy atom. The van der Waals surface area contributed by atoms with Gasteiger partial charge in [-0.3, -0.25) is 4.79 Å². The molecule has 0 amide bonds. The zero-order valence-electron chi connectivity index (χ0n) is 16.8. The van der Waals surface area contributed by atoms with Crippen molar-refractivity contribution in [3.05, 3.63) is 41.5 Å². The van der Waals surface area contributed by atoms with E-state index in [1.54, 1.807) is 0 Å². The number of hydrogen-bond donors (Lipinski definition) is 0. The SMILES string of the molecule is C=CCn1c(SCC(=O)c2cc(C)n(C3CCS(=O)(=O)C3)c2C)nnc1C1CC1. The number of sulfone groups is 1. The van der Waals surface area contributed by atoms with Crippen molar-refractivity contribution in [1.29, 1.82) is 0 Å². The van der Waals surface area contributed by atoms with Gasteiger partial charge in [0.1, 0.15) is 5.82 Å². The van der Waals surface area contributed by atoms with Crippen LogP contribution in [0.3, 0.4) is 0 Å². The fourth-order valence-electron chi connectivity index (χ4n) is 4.16. The molecule has 0 spiro atoms. The van der Waals surface area contributed by atoms with Crippen molar-refractivity contribution in [3.8, 4) is 0 Å². The highest BCUT2D eigenvalue weighted by Gasteiger charge is 2.32. The quantitative estimate of drug-likeness (QED) is 0.360. The summed E-state index contributed by atoms with van der Waals surface area (Å²) in [5, 5.41) is 9.36. The number of Topliss-reactive ketones (excluding diaryl/α,β-unsaturated/α-hetero) is 1. The van der Waals surface area contributed by atoms with Crippen LogP contribution in [-0.2, 0) is 16.4 Å². The molecule has 1 aliphatic heterocycles. The van der Waals surface area contributed by atoms with E-state index in [4.69, 9.17) is 0 Å². The van der Waals surface area contributed by atoms with Gasteiger partial charge in [-0.1, -0.05) is 17.8 Å². The van der Waals surface area contributed by atoms with E-state index in [0.717, 1.165) is 35.2 Å². The third-order valence-corrected chi connectivity index (χ3v) is 8.41. The molecular weight excluding hydrogens is 408 g/mol. The van der Waals surface area contributed by atoms with E-state index in [1.165, 1.54) is 11.8 Å². The van der Waals surface area contributed by atoms with Crippen molar-refractivity contribution in [2.24, 2.45) is 0 Å². The first kappa shape index (κ1) is 20.4. The first-order valence-electron chi connectivity index (χ1n) is 9.89. The lowest BCUT2D eigenvalue weighted by molar-refractivity contribution is 0.102. The molecule has 7 nitrogen and oxygen atoms in total. The largest absolute Gasteiger partial charge is 0.344 e. The lowest BCUT2D eigenvalue weighted by atomic mass is 10.2. The van der Waals surface area contributed by atoms with E-state index < -0.39 is 9.84 Å². The number of rotatable bonds is 8. The average Bonchev–Trinajstić information content (AvgIpc) is 3.24. The fourth-order valence-corrected chi connectivity index (χ4v) is 6.70. The molecule has 0 aromatic carbocycles. The van der Waals surface area contributed by atoms with Crippen molar-refractivity contribution in [1.82, 2.24) is 19.3 Å². The summed E-state index contributed by atoms with van der Waals surface area (Å²) in [5.41, 5.74) is 2.45. The van der Waals surface area contributed by atoms with Crippen LogP contribution in [-0.4, -0.2) is 50.8 Å². The minimum Gasteiger partial charge on any atom is -0.344 e. The van der Waals surface area contributed by atoms with Gasteiger partial charge in [-0.2, -0.15) is 0 Å². The first-order valence-corrected chi connectivity index (χ1v) is 12.7. The van der Waals surface area contributed by atoms with Crippen LogP contribution in [0.15, 0.2) is 23.9 Å². The van der Waals surface area contributed by atoms with Gasteiger partial charge < -0.3 is 9.13 Å². The number of ketones is 1. The number of nitrogens with zero attached hydrogens (tertiary/aromatic N) is 4. The number of aromatic nitrogens is 4. The molecule has 1 saturated heterocycles. The maximum Gasteiger partial charge on any atom is 0.191 e. The van der Waals surface area contributed by atoms with Crippen LogP contribution in [0.2, 0.25) is 0 Å². The summed E-state index contributed by atoms with van der Waals surface area (Å²) in [6.07, 6.45) is 4.71. The second-order valence-electron chi connectivity index (χ2n) is 7.94. The third kappa shape index (κ3) is 4.07. The highest BCUT2D eigenvalue weighted by Crippen LogP contribution is 2.40. The molecule has 1 saturated carbocycles. The van der Waals surface area contributed by atoms with Gasteiger partial charge in [0, 0.05) is 35.5 Å². The summed E-state index contributed by atoms with van der Waals surface area (Å²) in [7, 11) is -2.98. The predicted molar refractivity (Wildman–Crippen MR) is 113 cm³/mol. The van der Waals surface area contributed by atoms with Crippen molar-refractivity contribution < 1.29 is 13.2 Å². The molecular formula is C20H26N4O3S2. The van der Waals surface area contributed by atoms with Crippen molar-refractivity contribution in [3.63, 3.8) is 0 Å². The van der Waals surface area contributed by atoms with E-state index in [2.05, 4.69) is 21.3 Å². The van der Waals surface area contributed by atoms with E-state index in [0.29, 0.717) is 24.4 Å². The topological polar surface area (TPSA) is 86.9 Å². The highest BCUT2D eigenvalue weighted by atomic mass is 32.2. The highest BCUT2D eigenvalue weighted by molar-refractivity contribution is 7.99. The van der Waals surface area contributed by atoms with E-state index >= 15 is 0 Å². The van der Waals surface area contributed by atoms with Crippen LogP contribution >= 0.6 is 11.8 Å². The maximum absolute atomic E-state index is 12.9. The molecule has 0 N–H and O–H groups in total. The van der Waals surface area contributed by atoms with E-state index in [9.17, 15) is 13.2 Å². The Balaban J connectivity index is 1.50. The Morgan fingerprint density at radius 3 is 2.69 bits per heavy atom. The van der Waals surface area contributed by atoms with Crippen LogP contribution in [0.25, 0.3) is 0 Å². The Hall–Kier alpha value is -1.87. The molecule has 29 heavy (non-hydrogen) atoms. The molecule has 1 unspecified atom stereocenters. The molecule has 1 atom stereocenters. The molecule has 2 aliphatic rings. The summed E-state index contributed by atoms with van der Waals surface area (Å²) in [4.78, 5) is 12.9. The zero-order valence-corrected chi connectivity index (χ0v) is 18.4. The lowest BCUT2D eigenvalue weighted by Crippen LogP contribution is -2.14. The van der Waals surface area contributed by atoms with Crippen LogP contribution < -0.4 is 0 Å². The molecule has 3 heterocycles. The monoisotopic (exact) mass is 434 g/mol. The third-order valence-electron chi connectivity index (χ3n) is 5.69. The summed E-state index contributed by atoms with van der Waals surface area (Å²) >= 11 is 1.40. The van der Waals surface area contributed by atoms with E-state index in [1.807, 2.05) is 30.6 Å². The zero-order chi connectivity index (χ0) is 20.8. The Kier molecular flexibility index (Phi) is 5.46. The maximum atomic E-state index is 12.9. The molecule has 2 aromatic heterocycles. The van der Waals surface area contributed by atoms with Crippen molar-refractivity contribution in [2.75, 3.05) is 17.3 Å². The van der Waals surface area contributed by atoms with Gasteiger partial charge in [0.15, 0.2) is 20.8 Å². The number of thioether (sulfide) groups is 1. The van der Waals surface area contributed by atoms with Gasteiger partial charge in [-0.15, -0.1) is 16.8 Å². The molecule has 1 aliphatic carbocycles. The molecule has 4 rings (SSSR count). The minimum absolute atomic E-state index is 0.0244. The predicted octanol–water partition coefficient (Wildman–Crippen LogP) is 3.09. The molecule has 2 fully saturated rings. The van der Waals surface area contributed by atoms with Gasteiger partial charge in [0.2, 0.25) is 0 Å². The standard InChI is InChI=1S/C20H26N4O3S2/c1-4-8-23-19(15-5-6-15)21-22-20(23)28-11-18(25)17-10-13(2)24(14(17)3)16-7-9-29(26,27)12-16/h4,10,15-16H,1,5-9,11-12H2,2-3H3. The molecule has 0 radical (unpaired) electrons. The average molecular weight is 435 g/mol. The number of carbonyl (C=O) groups is 1. The van der Waals surface area contributed by atoms with Gasteiger partial charge >= 0.3 is 0 Å². The number of carbonyl (C=O) groups excluding carboxylic acids is 1. The van der Waals surface area contributed by atoms with Gasteiger partial charge in [-0.05, 0) is 39.2 Å². The lowest BCUT2D eigenvalue weighted by Gasteiger charge is -2.16. The van der Waals surface area contributed by atoms with Gasteiger partial charge in [-0.25, -0.2) is 8.42 Å². The molecule has 156 valence electrons. The second kappa shape index (κ2) is 7.75. The molecule has 9 heteroatoms. The van der Waals surface area contributed by atoms with Crippen LogP contribution in [0.4, 0.5) is 0 Å². The number of allylic oxidation sites excluding steroid dienone is 1. The second-order valence-corrected chi connectivity index (χ2v) is 11.1. The first-order chi connectivity index (χ1) is 13.8.